The third-order valence-electron chi connectivity index (χ3n) is 4.55. The summed E-state index contributed by atoms with van der Waals surface area (Å²) in [5.41, 5.74) is 6.48. The first kappa shape index (κ1) is 14.0. The summed E-state index contributed by atoms with van der Waals surface area (Å²) in [4.78, 5) is 18.4. The number of fused-ring (bicyclic) bond motifs is 2. The highest BCUT2D eigenvalue weighted by molar-refractivity contribution is 5.95. The molecule has 4 rings (SSSR count). The van der Waals surface area contributed by atoms with Crippen LogP contribution in [0.25, 0.3) is 16.9 Å². The number of rotatable bonds is 1. The Morgan fingerprint density at radius 1 is 1.26 bits per heavy atom. The summed E-state index contributed by atoms with van der Waals surface area (Å²) in [6, 6.07) is 10.7. The smallest absolute Gasteiger partial charge is 0.224 e. The van der Waals surface area contributed by atoms with Crippen molar-refractivity contribution in [2.45, 2.75) is 33.2 Å². The molecule has 3 aromatic rings. The molecule has 0 saturated heterocycles. The lowest BCUT2D eigenvalue weighted by Crippen LogP contribution is -2.33. The molecule has 1 unspecified atom stereocenters. The molecule has 0 fully saturated rings. The SMILES string of the molecule is CC(=O)N1c2ccc(-c3cn4ccc(C)cc4n3)cc2CC1C. The van der Waals surface area contributed by atoms with Gasteiger partial charge in [-0.15, -0.1) is 0 Å². The number of hydrogen-bond donors (Lipinski definition) is 0. The van der Waals surface area contributed by atoms with Gasteiger partial charge < -0.3 is 9.30 Å². The molecule has 1 aromatic carbocycles. The van der Waals surface area contributed by atoms with Crippen molar-refractivity contribution in [3.8, 4) is 11.3 Å². The van der Waals surface area contributed by atoms with Gasteiger partial charge in [0.2, 0.25) is 5.91 Å². The molecule has 0 aliphatic carbocycles. The highest BCUT2D eigenvalue weighted by Crippen LogP contribution is 2.35. The van der Waals surface area contributed by atoms with Gasteiger partial charge in [0.15, 0.2) is 0 Å². The molecular weight excluding hydrogens is 286 g/mol. The average molecular weight is 305 g/mol. The highest BCUT2D eigenvalue weighted by atomic mass is 16.2. The lowest BCUT2D eigenvalue weighted by molar-refractivity contribution is -0.116. The van der Waals surface area contributed by atoms with Crippen molar-refractivity contribution in [1.82, 2.24) is 9.38 Å². The van der Waals surface area contributed by atoms with Crippen molar-refractivity contribution in [1.29, 1.82) is 0 Å². The summed E-state index contributed by atoms with van der Waals surface area (Å²) in [5, 5.41) is 0. The number of carbonyl (C=O) groups excluding carboxylic acids is 1. The van der Waals surface area contributed by atoms with Gasteiger partial charge in [-0.3, -0.25) is 4.79 Å². The Hall–Kier alpha value is -2.62. The van der Waals surface area contributed by atoms with Crippen LogP contribution in [0.15, 0.2) is 42.7 Å². The lowest BCUT2D eigenvalue weighted by Gasteiger charge is -2.20. The second kappa shape index (κ2) is 4.95. The molecule has 1 amide bonds. The van der Waals surface area contributed by atoms with Gasteiger partial charge in [0.1, 0.15) is 5.65 Å². The molecule has 0 bridgehead atoms. The van der Waals surface area contributed by atoms with Crippen LogP contribution in [-0.4, -0.2) is 21.3 Å². The number of carbonyl (C=O) groups is 1. The summed E-state index contributed by atoms with van der Waals surface area (Å²) >= 11 is 0. The Morgan fingerprint density at radius 2 is 2.09 bits per heavy atom. The van der Waals surface area contributed by atoms with Crippen LogP contribution in [0, 0.1) is 6.92 Å². The molecule has 0 N–H and O–H groups in total. The first-order valence-corrected chi connectivity index (χ1v) is 7.91. The molecule has 4 heteroatoms. The van der Waals surface area contributed by atoms with E-state index < -0.39 is 0 Å². The van der Waals surface area contributed by atoms with Crippen molar-refractivity contribution in [3.05, 3.63) is 53.9 Å². The van der Waals surface area contributed by atoms with Crippen LogP contribution in [0.3, 0.4) is 0 Å². The zero-order valence-corrected chi connectivity index (χ0v) is 13.6. The maximum Gasteiger partial charge on any atom is 0.224 e. The fourth-order valence-electron chi connectivity index (χ4n) is 3.49. The Bertz CT molecular complexity index is 926. The van der Waals surface area contributed by atoms with Gasteiger partial charge in [-0.25, -0.2) is 4.98 Å². The molecule has 23 heavy (non-hydrogen) atoms. The van der Waals surface area contributed by atoms with Crippen LogP contribution >= 0.6 is 0 Å². The monoisotopic (exact) mass is 305 g/mol. The molecule has 0 saturated carbocycles. The van der Waals surface area contributed by atoms with Crippen molar-refractivity contribution in [3.63, 3.8) is 0 Å². The second-order valence-electron chi connectivity index (χ2n) is 6.38. The van der Waals surface area contributed by atoms with E-state index in [9.17, 15) is 4.79 Å². The maximum absolute atomic E-state index is 11.8. The number of amides is 1. The number of benzene rings is 1. The van der Waals surface area contributed by atoms with E-state index in [1.165, 1.54) is 11.1 Å². The van der Waals surface area contributed by atoms with Gasteiger partial charge in [-0.2, -0.15) is 0 Å². The van der Waals surface area contributed by atoms with Gasteiger partial charge >= 0.3 is 0 Å². The topological polar surface area (TPSA) is 37.6 Å². The van der Waals surface area contributed by atoms with E-state index in [1.807, 2.05) is 21.6 Å². The maximum atomic E-state index is 11.8. The first-order valence-electron chi connectivity index (χ1n) is 7.91. The van der Waals surface area contributed by atoms with Crippen molar-refractivity contribution in [2.24, 2.45) is 0 Å². The Balaban J connectivity index is 1.78. The van der Waals surface area contributed by atoms with Crippen molar-refractivity contribution in [2.75, 3.05) is 4.90 Å². The van der Waals surface area contributed by atoms with E-state index in [1.54, 1.807) is 6.92 Å². The quantitative estimate of drug-likeness (QED) is 0.689. The number of aromatic nitrogens is 2. The van der Waals surface area contributed by atoms with Gasteiger partial charge in [0.25, 0.3) is 0 Å². The summed E-state index contributed by atoms with van der Waals surface area (Å²) < 4.78 is 2.04. The van der Waals surface area contributed by atoms with E-state index in [0.29, 0.717) is 0 Å². The minimum Gasteiger partial charge on any atom is -0.309 e. The third kappa shape index (κ3) is 2.22. The largest absolute Gasteiger partial charge is 0.309 e. The number of hydrogen-bond acceptors (Lipinski definition) is 2. The van der Waals surface area contributed by atoms with Crippen LogP contribution in [0.2, 0.25) is 0 Å². The Kier molecular flexibility index (Phi) is 3.01. The molecule has 2 aromatic heterocycles. The van der Waals surface area contributed by atoms with Crippen LogP contribution in [0.1, 0.15) is 25.0 Å². The number of imidazole rings is 1. The third-order valence-corrected chi connectivity index (χ3v) is 4.55. The van der Waals surface area contributed by atoms with E-state index in [4.69, 9.17) is 4.98 Å². The standard InChI is InChI=1S/C19H19N3O/c1-12-6-7-21-11-17(20-19(21)8-12)15-4-5-18-16(10-15)9-13(2)22(18)14(3)23/h4-8,10-11,13H,9H2,1-3H3. The zero-order valence-electron chi connectivity index (χ0n) is 13.6. The number of aryl methyl sites for hydroxylation is 1. The summed E-state index contributed by atoms with van der Waals surface area (Å²) in [6.07, 6.45) is 4.99. The minimum absolute atomic E-state index is 0.104. The first-order chi connectivity index (χ1) is 11.0. The summed E-state index contributed by atoms with van der Waals surface area (Å²) in [5.74, 6) is 0.104. The van der Waals surface area contributed by atoms with Crippen LogP contribution in [0.5, 0.6) is 0 Å². The van der Waals surface area contributed by atoms with Crippen LogP contribution in [-0.2, 0) is 11.2 Å². The average Bonchev–Trinajstić information content (AvgIpc) is 3.05. The molecule has 3 heterocycles. The zero-order chi connectivity index (χ0) is 16.1. The minimum atomic E-state index is 0.104. The molecule has 0 spiro atoms. The molecule has 0 radical (unpaired) electrons. The van der Waals surface area contributed by atoms with Crippen LogP contribution < -0.4 is 4.90 Å². The van der Waals surface area contributed by atoms with Gasteiger partial charge in [0, 0.05) is 36.6 Å². The van der Waals surface area contributed by atoms with E-state index >= 15 is 0 Å². The molecule has 1 aliphatic heterocycles. The molecule has 1 aliphatic rings. The lowest BCUT2D eigenvalue weighted by atomic mass is 10.1. The second-order valence-corrected chi connectivity index (χ2v) is 6.38. The molecule has 4 nitrogen and oxygen atoms in total. The predicted octanol–water partition coefficient (Wildman–Crippen LogP) is 3.61. The predicted molar refractivity (Wildman–Crippen MR) is 91.7 cm³/mol. The molecule has 116 valence electrons. The van der Waals surface area contributed by atoms with Crippen molar-refractivity contribution < 1.29 is 4.79 Å². The van der Waals surface area contributed by atoms with Crippen LogP contribution in [0.4, 0.5) is 5.69 Å². The Labute approximate surface area is 135 Å². The van der Waals surface area contributed by atoms with Gasteiger partial charge in [-0.05, 0) is 55.7 Å². The number of pyridine rings is 1. The number of nitrogens with zero attached hydrogens (tertiary/aromatic N) is 3. The van der Waals surface area contributed by atoms with E-state index in [2.05, 4.69) is 44.3 Å². The number of anilines is 1. The van der Waals surface area contributed by atoms with E-state index in [-0.39, 0.29) is 11.9 Å². The normalized spacial score (nSPS) is 16.8. The highest BCUT2D eigenvalue weighted by Gasteiger charge is 2.29. The van der Waals surface area contributed by atoms with Crippen molar-refractivity contribution >= 4 is 17.2 Å². The fourth-order valence-corrected chi connectivity index (χ4v) is 3.49. The molecular formula is C19H19N3O. The fraction of sp³-hybridized carbons (Fsp3) is 0.263. The summed E-state index contributed by atoms with van der Waals surface area (Å²) in [7, 11) is 0. The van der Waals surface area contributed by atoms with Gasteiger partial charge in [0.05, 0.1) is 5.69 Å². The van der Waals surface area contributed by atoms with Gasteiger partial charge in [-0.1, -0.05) is 6.07 Å². The summed E-state index contributed by atoms with van der Waals surface area (Å²) in [6.45, 7) is 5.79. The Morgan fingerprint density at radius 3 is 2.87 bits per heavy atom. The molecule has 1 atom stereocenters. The van der Waals surface area contributed by atoms with E-state index in [0.717, 1.165) is 29.0 Å².